The number of aliphatic hydroxyl groups is 4. The standard InChI is InChI=1S/C21H22O12/c22-7-16-18(27)19(28)20(29)21(31-16)33-32-14-3-8(1-2-10(14)24)13-6-12(26)17-11(25)4-9(23)5-15(17)30-13/h1-5,13,16,18-25,27-29H,6-7H2/t13-,16+,18+,19-,20+,21-/m0/s1. The SMILES string of the molecule is O=C1C[C@@H](c2ccc(O)c(OO[C@@H]3O[C@H](CO)[C@@H](O)[C@H](O)[C@H]3O)c2)Oc2cc(O)cc(O)c21. The van der Waals surface area contributed by atoms with Gasteiger partial charge in [0.2, 0.25) is 12.0 Å². The lowest BCUT2D eigenvalue weighted by Gasteiger charge is -2.38. The lowest BCUT2D eigenvalue weighted by molar-refractivity contribution is -0.387. The fraction of sp³-hybridized carbons (Fsp3) is 0.381. The Morgan fingerprint density at radius 3 is 2.45 bits per heavy atom. The maximum atomic E-state index is 12.5. The molecule has 2 aromatic carbocycles. The highest BCUT2D eigenvalue weighted by Crippen LogP contribution is 2.42. The second-order valence-corrected chi connectivity index (χ2v) is 7.68. The Bertz CT molecular complexity index is 1040. The number of carbonyl (C=O) groups is 1. The van der Waals surface area contributed by atoms with E-state index in [1.807, 2.05) is 0 Å². The Kier molecular flexibility index (Phi) is 6.30. The van der Waals surface area contributed by atoms with E-state index in [4.69, 9.17) is 19.2 Å². The number of rotatable bonds is 5. The van der Waals surface area contributed by atoms with E-state index in [2.05, 4.69) is 0 Å². The Labute approximate surface area is 186 Å². The smallest absolute Gasteiger partial charge is 0.232 e. The summed E-state index contributed by atoms with van der Waals surface area (Å²) in [6.45, 7) is -0.662. The number of ether oxygens (including phenoxy) is 2. The van der Waals surface area contributed by atoms with Crippen LogP contribution in [-0.4, -0.2) is 78.8 Å². The maximum Gasteiger partial charge on any atom is 0.232 e. The average Bonchev–Trinajstić information content (AvgIpc) is 2.77. The Balaban J connectivity index is 1.51. The summed E-state index contributed by atoms with van der Waals surface area (Å²) in [5.41, 5.74) is 0.326. The number of phenols is 3. The lowest BCUT2D eigenvalue weighted by Crippen LogP contribution is -2.59. The van der Waals surface area contributed by atoms with Gasteiger partial charge in [-0.2, -0.15) is 4.89 Å². The van der Waals surface area contributed by atoms with Gasteiger partial charge >= 0.3 is 0 Å². The molecule has 12 heteroatoms. The monoisotopic (exact) mass is 466 g/mol. The molecule has 1 saturated heterocycles. The van der Waals surface area contributed by atoms with Crippen LogP contribution in [0.25, 0.3) is 0 Å². The van der Waals surface area contributed by atoms with Gasteiger partial charge in [0.05, 0.1) is 13.0 Å². The van der Waals surface area contributed by atoms with Crippen molar-refractivity contribution in [3.8, 4) is 28.7 Å². The number of carbonyl (C=O) groups excluding carboxylic acids is 1. The van der Waals surface area contributed by atoms with Gasteiger partial charge < -0.3 is 50.1 Å². The molecule has 1 fully saturated rings. The van der Waals surface area contributed by atoms with E-state index in [0.29, 0.717) is 5.56 Å². The molecule has 0 unspecified atom stereocenters. The predicted molar refractivity (Wildman–Crippen MR) is 106 cm³/mol. The van der Waals surface area contributed by atoms with E-state index in [-0.39, 0.29) is 35.0 Å². The van der Waals surface area contributed by atoms with E-state index in [1.54, 1.807) is 0 Å². The topological polar surface area (TPSA) is 196 Å². The van der Waals surface area contributed by atoms with Crippen LogP contribution in [0.3, 0.4) is 0 Å². The molecule has 0 radical (unpaired) electrons. The molecule has 178 valence electrons. The van der Waals surface area contributed by atoms with Crippen LogP contribution < -0.4 is 9.62 Å². The Morgan fingerprint density at radius 1 is 0.970 bits per heavy atom. The molecule has 6 atom stereocenters. The highest BCUT2D eigenvalue weighted by molar-refractivity contribution is 6.02. The molecule has 12 nitrogen and oxygen atoms in total. The van der Waals surface area contributed by atoms with Crippen molar-refractivity contribution >= 4 is 5.78 Å². The minimum Gasteiger partial charge on any atom is -0.508 e. The molecular formula is C21H22O12. The molecule has 0 saturated carbocycles. The Morgan fingerprint density at radius 2 is 1.73 bits per heavy atom. The fourth-order valence-corrected chi connectivity index (χ4v) is 3.65. The third-order valence-electron chi connectivity index (χ3n) is 5.42. The van der Waals surface area contributed by atoms with Crippen molar-refractivity contribution in [3.63, 3.8) is 0 Å². The molecule has 0 aromatic heterocycles. The van der Waals surface area contributed by atoms with Gasteiger partial charge in [0.15, 0.2) is 11.5 Å². The second-order valence-electron chi connectivity index (χ2n) is 7.68. The molecule has 0 spiro atoms. The number of ketones is 1. The average molecular weight is 466 g/mol. The number of fused-ring (bicyclic) bond motifs is 1. The van der Waals surface area contributed by atoms with Crippen LogP contribution in [0.5, 0.6) is 28.7 Å². The summed E-state index contributed by atoms with van der Waals surface area (Å²) in [6.07, 6.45) is -8.79. The van der Waals surface area contributed by atoms with Crippen LogP contribution in [0.4, 0.5) is 0 Å². The van der Waals surface area contributed by atoms with E-state index in [0.717, 1.165) is 6.07 Å². The number of hydrogen-bond donors (Lipinski definition) is 7. The zero-order valence-electron chi connectivity index (χ0n) is 16.9. The van der Waals surface area contributed by atoms with Crippen LogP contribution in [0, 0.1) is 0 Å². The lowest BCUT2D eigenvalue weighted by atomic mass is 9.95. The molecule has 0 amide bonds. The number of Topliss-reactive ketones (excluding diaryl/α,β-unsaturated/α-hetero) is 1. The van der Waals surface area contributed by atoms with Gasteiger partial charge in [-0.1, -0.05) is 6.07 Å². The van der Waals surface area contributed by atoms with Crippen molar-refractivity contribution in [3.05, 3.63) is 41.5 Å². The van der Waals surface area contributed by atoms with Crippen LogP contribution in [-0.2, 0) is 9.62 Å². The quantitative estimate of drug-likeness (QED) is 0.223. The highest BCUT2D eigenvalue weighted by Gasteiger charge is 2.45. The number of aliphatic hydroxyl groups excluding tert-OH is 4. The first-order chi connectivity index (χ1) is 15.7. The number of hydrogen-bond acceptors (Lipinski definition) is 12. The van der Waals surface area contributed by atoms with E-state index >= 15 is 0 Å². The van der Waals surface area contributed by atoms with Gasteiger partial charge in [0.1, 0.15) is 53.3 Å². The first-order valence-electron chi connectivity index (χ1n) is 9.92. The number of phenolic OH excluding ortho intramolecular Hbond substituents is 3. The molecule has 2 heterocycles. The molecular weight excluding hydrogens is 444 g/mol. The van der Waals surface area contributed by atoms with E-state index in [9.17, 15) is 40.5 Å². The first-order valence-corrected chi connectivity index (χ1v) is 9.92. The van der Waals surface area contributed by atoms with Crippen molar-refractivity contribution in [2.24, 2.45) is 0 Å². The number of aromatic hydroxyl groups is 3. The third-order valence-corrected chi connectivity index (χ3v) is 5.42. The summed E-state index contributed by atoms with van der Waals surface area (Å²) >= 11 is 0. The summed E-state index contributed by atoms with van der Waals surface area (Å²) in [6, 6.07) is 6.22. The fourth-order valence-electron chi connectivity index (χ4n) is 3.65. The van der Waals surface area contributed by atoms with Crippen LogP contribution in [0.2, 0.25) is 0 Å². The van der Waals surface area contributed by atoms with Crippen molar-refractivity contribution in [1.29, 1.82) is 0 Å². The molecule has 2 aliphatic heterocycles. The Hall–Kier alpha value is -3.13. The van der Waals surface area contributed by atoms with Crippen molar-refractivity contribution in [2.45, 2.75) is 43.2 Å². The van der Waals surface area contributed by atoms with Crippen molar-refractivity contribution in [2.75, 3.05) is 6.61 Å². The van der Waals surface area contributed by atoms with Crippen LogP contribution >= 0.6 is 0 Å². The molecule has 33 heavy (non-hydrogen) atoms. The minimum atomic E-state index is -1.72. The van der Waals surface area contributed by atoms with Crippen molar-refractivity contribution < 1.29 is 59.8 Å². The molecule has 2 aromatic rings. The minimum absolute atomic E-state index is 0.0122. The normalized spacial score (nSPS) is 29.3. The molecule has 2 aliphatic rings. The van der Waals surface area contributed by atoms with Gasteiger partial charge in [0, 0.05) is 12.1 Å². The summed E-state index contributed by atoms with van der Waals surface area (Å²) in [5, 5.41) is 68.6. The van der Waals surface area contributed by atoms with E-state index in [1.165, 1.54) is 24.3 Å². The van der Waals surface area contributed by atoms with Gasteiger partial charge in [0.25, 0.3) is 0 Å². The summed E-state index contributed by atoms with van der Waals surface area (Å²) in [5.74, 6) is -1.75. The molecule has 0 aliphatic carbocycles. The first kappa shape index (κ1) is 23.0. The van der Waals surface area contributed by atoms with Crippen molar-refractivity contribution in [1.82, 2.24) is 0 Å². The summed E-state index contributed by atoms with van der Waals surface area (Å²) in [4.78, 5) is 22.5. The zero-order valence-corrected chi connectivity index (χ0v) is 16.9. The predicted octanol–water partition coefficient (Wildman–Crippen LogP) is -0.380. The third kappa shape index (κ3) is 4.39. The van der Waals surface area contributed by atoms with Gasteiger partial charge in [-0.3, -0.25) is 4.79 Å². The number of benzene rings is 2. The maximum absolute atomic E-state index is 12.5. The second kappa shape index (κ2) is 9.02. The zero-order chi connectivity index (χ0) is 23.9. The molecule has 4 rings (SSSR count). The van der Waals surface area contributed by atoms with E-state index < -0.39 is 54.9 Å². The highest BCUT2D eigenvalue weighted by atomic mass is 17.2. The molecule has 7 N–H and O–H groups in total. The van der Waals surface area contributed by atoms with Crippen LogP contribution in [0.1, 0.15) is 28.4 Å². The van der Waals surface area contributed by atoms with Gasteiger partial charge in [-0.25, -0.2) is 0 Å². The largest absolute Gasteiger partial charge is 0.508 e. The summed E-state index contributed by atoms with van der Waals surface area (Å²) in [7, 11) is 0. The van der Waals surface area contributed by atoms with Crippen LogP contribution in [0.15, 0.2) is 30.3 Å². The van der Waals surface area contributed by atoms with Gasteiger partial charge in [-0.05, 0) is 17.7 Å². The molecule has 0 bridgehead atoms. The summed E-state index contributed by atoms with van der Waals surface area (Å²) < 4.78 is 10.9. The van der Waals surface area contributed by atoms with Gasteiger partial charge in [-0.15, -0.1) is 0 Å².